The third kappa shape index (κ3) is 1.96. The summed E-state index contributed by atoms with van der Waals surface area (Å²) in [4.78, 5) is 11.0. The molecule has 3 rings (SSSR count). The molecule has 98 valence electrons. The molecule has 2 aromatic rings. The predicted molar refractivity (Wildman–Crippen MR) is 65.9 cm³/mol. The SMILES string of the molecule is Cn1nc(C(=O)O)cc1-c1cccc2c1COCO2. The first-order valence-electron chi connectivity index (χ1n) is 5.77. The third-order valence-electron chi connectivity index (χ3n) is 3.05. The molecule has 6 nitrogen and oxygen atoms in total. The lowest BCUT2D eigenvalue weighted by atomic mass is 10.0. The second-order valence-corrected chi connectivity index (χ2v) is 4.24. The number of carboxylic acids is 1. The van der Waals surface area contributed by atoms with Gasteiger partial charge in [0.05, 0.1) is 12.3 Å². The van der Waals surface area contributed by atoms with Crippen LogP contribution in [0.4, 0.5) is 0 Å². The average Bonchev–Trinajstić information content (AvgIpc) is 2.80. The average molecular weight is 260 g/mol. The van der Waals surface area contributed by atoms with Crippen LogP contribution < -0.4 is 4.74 Å². The van der Waals surface area contributed by atoms with E-state index in [1.54, 1.807) is 17.8 Å². The summed E-state index contributed by atoms with van der Waals surface area (Å²) in [6.45, 7) is 0.682. The van der Waals surface area contributed by atoms with Crippen LogP contribution in [0.1, 0.15) is 16.1 Å². The van der Waals surface area contributed by atoms with Gasteiger partial charge in [0.1, 0.15) is 5.75 Å². The minimum Gasteiger partial charge on any atom is -0.476 e. The van der Waals surface area contributed by atoms with E-state index in [9.17, 15) is 4.79 Å². The Balaban J connectivity index is 2.14. The van der Waals surface area contributed by atoms with E-state index in [0.29, 0.717) is 6.61 Å². The lowest BCUT2D eigenvalue weighted by molar-refractivity contribution is -0.0160. The fraction of sp³-hybridized carbons (Fsp3) is 0.231. The molecule has 0 spiro atoms. The van der Waals surface area contributed by atoms with Crippen molar-refractivity contribution in [2.24, 2.45) is 7.05 Å². The van der Waals surface area contributed by atoms with E-state index in [0.717, 1.165) is 22.6 Å². The van der Waals surface area contributed by atoms with Gasteiger partial charge in [0.25, 0.3) is 0 Å². The Labute approximate surface area is 109 Å². The highest BCUT2D eigenvalue weighted by molar-refractivity contribution is 5.87. The van der Waals surface area contributed by atoms with E-state index in [1.807, 2.05) is 18.2 Å². The Morgan fingerprint density at radius 1 is 1.47 bits per heavy atom. The van der Waals surface area contributed by atoms with Gasteiger partial charge in [-0.15, -0.1) is 0 Å². The Morgan fingerprint density at radius 3 is 3.05 bits per heavy atom. The zero-order valence-corrected chi connectivity index (χ0v) is 10.3. The van der Waals surface area contributed by atoms with Crippen LogP contribution in [0.15, 0.2) is 24.3 Å². The molecule has 1 aromatic heterocycles. The first kappa shape index (κ1) is 11.7. The van der Waals surface area contributed by atoms with Crippen molar-refractivity contribution in [3.05, 3.63) is 35.5 Å². The number of carboxylic acid groups (broad SMARTS) is 1. The summed E-state index contributed by atoms with van der Waals surface area (Å²) in [6.07, 6.45) is 0. The van der Waals surface area contributed by atoms with Crippen LogP contribution in [0.25, 0.3) is 11.3 Å². The molecule has 19 heavy (non-hydrogen) atoms. The number of fused-ring (bicyclic) bond motifs is 1. The third-order valence-corrected chi connectivity index (χ3v) is 3.05. The minimum absolute atomic E-state index is 0.0211. The standard InChI is InChI=1S/C13H12N2O4/c1-15-11(5-10(14-15)13(16)17)8-3-2-4-12-9(8)6-18-7-19-12/h2-5H,6-7H2,1H3,(H,16,17). The molecule has 0 saturated carbocycles. The maximum Gasteiger partial charge on any atom is 0.356 e. The van der Waals surface area contributed by atoms with Crippen LogP contribution >= 0.6 is 0 Å². The smallest absolute Gasteiger partial charge is 0.356 e. The monoisotopic (exact) mass is 260 g/mol. The van der Waals surface area contributed by atoms with E-state index < -0.39 is 5.97 Å². The van der Waals surface area contributed by atoms with E-state index in [2.05, 4.69) is 5.10 Å². The molecule has 2 heterocycles. The van der Waals surface area contributed by atoms with Crippen molar-refractivity contribution in [1.82, 2.24) is 9.78 Å². The van der Waals surface area contributed by atoms with Crippen molar-refractivity contribution < 1.29 is 19.4 Å². The van der Waals surface area contributed by atoms with Crippen LogP contribution in [0.3, 0.4) is 0 Å². The molecule has 0 fully saturated rings. The van der Waals surface area contributed by atoms with E-state index in [4.69, 9.17) is 14.6 Å². The Morgan fingerprint density at radius 2 is 2.32 bits per heavy atom. The van der Waals surface area contributed by atoms with Crippen molar-refractivity contribution >= 4 is 5.97 Å². The highest BCUT2D eigenvalue weighted by atomic mass is 16.7. The van der Waals surface area contributed by atoms with Crippen LogP contribution in [0.2, 0.25) is 0 Å². The van der Waals surface area contributed by atoms with Gasteiger partial charge in [0, 0.05) is 18.2 Å². The zero-order chi connectivity index (χ0) is 13.4. The molecule has 0 unspecified atom stereocenters. The molecule has 0 bridgehead atoms. The van der Waals surface area contributed by atoms with Crippen molar-refractivity contribution in [1.29, 1.82) is 0 Å². The summed E-state index contributed by atoms with van der Waals surface area (Å²) in [5, 5.41) is 13.0. The number of aromatic carboxylic acids is 1. The normalized spacial score (nSPS) is 13.7. The number of hydrogen-bond acceptors (Lipinski definition) is 4. The van der Waals surface area contributed by atoms with E-state index in [-0.39, 0.29) is 12.5 Å². The number of nitrogens with zero attached hydrogens (tertiary/aromatic N) is 2. The van der Waals surface area contributed by atoms with Gasteiger partial charge in [-0.25, -0.2) is 4.79 Å². The van der Waals surface area contributed by atoms with Crippen LogP contribution in [0.5, 0.6) is 5.75 Å². The first-order chi connectivity index (χ1) is 9.16. The van der Waals surface area contributed by atoms with Gasteiger partial charge in [-0.2, -0.15) is 5.10 Å². The van der Waals surface area contributed by atoms with E-state index in [1.165, 1.54) is 0 Å². The van der Waals surface area contributed by atoms with Crippen molar-refractivity contribution in [2.75, 3.05) is 6.79 Å². The summed E-state index contributed by atoms with van der Waals surface area (Å²) >= 11 is 0. The summed E-state index contributed by atoms with van der Waals surface area (Å²) in [5.74, 6) is -0.277. The molecule has 6 heteroatoms. The number of hydrogen-bond donors (Lipinski definition) is 1. The van der Waals surface area contributed by atoms with Gasteiger partial charge < -0.3 is 14.6 Å². The summed E-state index contributed by atoms with van der Waals surface area (Å²) in [5.41, 5.74) is 2.53. The van der Waals surface area contributed by atoms with Crippen LogP contribution in [-0.4, -0.2) is 27.6 Å². The molecular formula is C13H12N2O4. The number of benzene rings is 1. The van der Waals surface area contributed by atoms with Gasteiger partial charge in [-0.1, -0.05) is 12.1 Å². The Hall–Kier alpha value is -2.34. The lowest BCUT2D eigenvalue weighted by Crippen LogP contribution is -2.12. The second kappa shape index (κ2) is 4.40. The second-order valence-electron chi connectivity index (χ2n) is 4.24. The minimum atomic E-state index is -1.04. The number of carbonyl (C=O) groups is 1. The lowest BCUT2D eigenvalue weighted by Gasteiger charge is -2.20. The maximum absolute atomic E-state index is 11.0. The zero-order valence-electron chi connectivity index (χ0n) is 10.3. The molecule has 0 atom stereocenters. The Kier molecular flexibility index (Phi) is 2.72. The van der Waals surface area contributed by atoms with Gasteiger partial charge in [-0.3, -0.25) is 4.68 Å². The van der Waals surface area contributed by atoms with Gasteiger partial charge >= 0.3 is 5.97 Å². The predicted octanol–water partition coefficient (Wildman–Crippen LogP) is 1.65. The number of aromatic nitrogens is 2. The number of ether oxygens (including phenoxy) is 2. The fourth-order valence-electron chi connectivity index (χ4n) is 2.16. The number of aryl methyl sites for hydroxylation is 1. The largest absolute Gasteiger partial charge is 0.476 e. The van der Waals surface area contributed by atoms with Gasteiger partial charge in [-0.05, 0) is 12.1 Å². The summed E-state index contributed by atoms with van der Waals surface area (Å²) in [6, 6.07) is 7.19. The molecule has 1 N–H and O–H groups in total. The molecule has 1 aliphatic rings. The molecule has 1 aliphatic heterocycles. The first-order valence-corrected chi connectivity index (χ1v) is 5.77. The molecular weight excluding hydrogens is 248 g/mol. The highest BCUT2D eigenvalue weighted by Gasteiger charge is 2.19. The Bertz CT molecular complexity index is 648. The molecule has 1 aromatic carbocycles. The molecule has 0 saturated heterocycles. The topological polar surface area (TPSA) is 73.6 Å². The fourth-order valence-corrected chi connectivity index (χ4v) is 2.16. The molecule has 0 radical (unpaired) electrons. The number of rotatable bonds is 2. The van der Waals surface area contributed by atoms with Crippen molar-refractivity contribution in [2.45, 2.75) is 6.61 Å². The van der Waals surface area contributed by atoms with Crippen molar-refractivity contribution in [3.8, 4) is 17.0 Å². The molecule has 0 aliphatic carbocycles. The maximum atomic E-state index is 11.0. The summed E-state index contributed by atoms with van der Waals surface area (Å²) < 4.78 is 12.2. The van der Waals surface area contributed by atoms with Gasteiger partial charge in [0.2, 0.25) is 0 Å². The molecule has 0 amide bonds. The summed E-state index contributed by atoms with van der Waals surface area (Å²) in [7, 11) is 1.71. The van der Waals surface area contributed by atoms with Crippen LogP contribution in [-0.2, 0) is 18.4 Å². The van der Waals surface area contributed by atoms with Gasteiger partial charge in [0.15, 0.2) is 12.5 Å². The van der Waals surface area contributed by atoms with E-state index >= 15 is 0 Å². The quantitative estimate of drug-likeness (QED) is 0.888. The van der Waals surface area contributed by atoms with Crippen LogP contribution in [0, 0.1) is 0 Å². The van der Waals surface area contributed by atoms with Crippen molar-refractivity contribution in [3.63, 3.8) is 0 Å². The highest BCUT2D eigenvalue weighted by Crippen LogP contribution is 2.33.